The quantitative estimate of drug-likeness (QED) is 0.665. The van der Waals surface area contributed by atoms with Crippen LogP contribution in [0.15, 0.2) is 23.6 Å². The fourth-order valence-corrected chi connectivity index (χ4v) is 3.08. The number of ketones is 1. The summed E-state index contributed by atoms with van der Waals surface area (Å²) in [4.78, 5) is 12.2. The summed E-state index contributed by atoms with van der Waals surface area (Å²) in [5, 5.41) is 3.23. The molecule has 2 N–H and O–H groups in total. The Balaban J connectivity index is 2.24. The molecule has 2 nitrogen and oxygen atoms in total. The number of thiophene rings is 1. The molecule has 0 saturated heterocycles. The predicted molar refractivity (Wildman–Crippen MR) is 66.4 cm³/mol. The van der Waals surface area contributed by atoms with Crippen LogP contribution in [0.25, 0.3) is 0 Å². The Morgan fingerprint density at radius 1 is 1.31 bits per heavy atom. The third-order valence-electron chi connectivity index (χ3n) is 2.82. The lowest BCUT2D eigenvalue weighted by atomic mass is 9.87. The van der Waals surface area contributed by atoms with Gasteiger partial charge < -0.3 is 5.73 Å². The van der Waals surface area contributed by atoms with E-state index in [0.29, 0.717) is 15.6 Å². The van der Waals surface area contributed by atoms with Gasteiger partial charge in [0.2, 0.25) is 0 Å². The van der Waals surface area contributed by atoms with E-state index in [4.69, 9.17) is 17.3 Å². The van der Waals surface area contributed by atoms with Crippen molar-refractivity contribution in [1.29, 1.82) is 0 Å². The van der Waals surface area contributed by atoms with Crippen LogP contribution in [0.1, 0.15) is 27.0 Å². The van der Waals surface area contributed by atoms with Gasteiger partial charge in [-0.1, -0.05) is 11.6 Å². The van der Waals surface area contributed by atoms with Gasteiger partial charge in [-0.3, -0.25) is 4.79 Å². The van der Waals surface area contributed by atoms with Crippen molar-refractivity contribution in [2.24, 2.45) is 0 Å². The smallest absolute Gasteiger partial charge is 0.196 e. The van der Waals surface area contributed by atoms with Gasteiger partial charge in [0, 0.05) is 10.6 Å². The van der Waals surface area contributed by atoms with E-state index in [-0.39, 0.29) is 5.78 Å². The van der Waals surface area contributed by atoms with Crippen LogP contribution in [0.4, 0.5) is 5.00 Å². The van der Waals surface area contributed by atoms with Gasteiger partial charge in [0.25, 0.3) is 0 Å². The number of rotatable bonds is 0. The minimum absolute atomic E-state index is 0.0201. The minimum Gasteiger partial charge on any atom is -0.390 e. The van der Waals surface area contributed by atoms with Gasteiger partial charge >= 0.3 is 0 Å². The maximum atomic E-state index is 12.2. The zero-order valence-corrected chi connectivity index (χ0v) is 9.86. The average molecular weight is 250 g/mol. The molecule has 16 heavy (non-hydrogen) atoms. The Labute approximate surface area is 102 Å². The van der Waals surface area contributed by atoms with Crippen LogP contribution >= 0.6 is 22.9 Å². The second-order valence-electron chi connectivity index (χ2n) is 3.81. The van der Waals surface area contributed by atoms with E-state index in [2.05, 4.69) is 0 Å². The summed E-state index contributed by atoms with van der Waals surface area (Å²) < 4.78 is 0. The highest BCUT2D eigenvalue weighted by atomic mass is 35.5. The van der Waals surface area contributed by atoms with Crippen molar-refractivity contribution in [2.75, 3.05) is 5.73 Å². The third kappa shape index (κ3) is 1.29. The number of benzene rings is 1. The van der Waals surface area contributed by atoms with Gasteiger partial charge in [0.15, 0.2) is 5.78 Å². The van der Waals surface area contributed by atoms with Crippen molar-refractivity contribution < 1.29 is 4.79 Å². The van der Waals surface area contributed by atoms with Crippen molar-refractivity contribution in [2.45, 2.75) is 6.42 Å². The first-order chi connectivity index (χ1) is 7.66. The molecule has 2 aromatic rings. The molecule has 0 unspecified atom stereocenters. The topological polar surface area (TPSA) is 43.1 Å². The molecular weight excluding hydrogens is 242 g/mol. The SMILES string of the molecule is Nc1scc2c1C(=O)c1ccc(Cl)cc1C2. The van der Waals surface area contributed by atoms with Crippen LogP contribution < -0.4 is 5.73 Å². The van der Waals surface area contributed by atoms with E-state index < -0.39 is 0 Å². The van der Waals surface area contributed by atoms with E-state index in [1.54, 1.807) is 12.1 Å². The molecule has 80 valence electrons. The summed E-state index contributed by atoms with van der Waals surface area (Å²) in [5.74, 6) is 0.0201. The van der Waals surface area contributed by atoms with Crippen LogP contribution in [0.5, 0.6) is 0 Å². The normalized spacial score (nSPS) is 13.4. The molecule has 1 aliphatic carbocycles. The second kappa shape index (κ2) is 3.34. The molecule has 0 bridgehead atoms. The second-order valence-corrected chi connectivity index (χ2v) is 5.16. The van der Waals surface area contributed by atoms with Crippen LogP contribution in [0, 0.1) is 0 Å². The molecule has 1 aromatic carbocycles. The first-order valence-electron chi connectivity index (χ1n) is 4.86. The minimum atomic E-state index is 0.0201. The van der Waals surface area contributed by atoms with Crippen molar-refractivity contribution in [3.8, 4) is 0 Å². The van der Waals surface area contributed by atoms with Crippen molar-refractivity contribution in [3.05, 3.63) is 50.9 Å². The summed E-state index contributed by atoms with van der Waals surface area (Å²) in [7, 11) is 0. The number of hydrogen-bond donors (Lipinski definition) is 1. The standard InChI is InChI=1S/C12H8ClNOS/c13-8-1-2-9-6(4-8)3-7-5-16-12(14)10(7)11(9)15/h1-2,4-5H,3,14H2. The zero-order chi connectivity index (χ0) is 11.3. The predicted octanol–water partition coefficient (Wildman–Crippen LogP) is 3.12. The molecular formula is C12H8ClNOS. The van der Waals surface area contributed by atoms with Gasteiger partial charge in [0.05, 0.1) is 10.6 Å². The zero-order valence-electron chi connectivity index (χ0n) is 8.29. The number of carbonyl (C=O) groups excluding carboxylic acids is 1. The maximum absolute atomic E-state index is 12.2. The van der Waals surface area contributed by atoms with Gasteiger partial charge in [-0.25, -0.2) is 0 Å². The highest BCUT2D eigenvalue weighted by Crippen LogP contribution is 2.35. The number of anilines is 1. The third-order valence-corrected chi connectivity index (χ3v) is 3.91. The maximum Gasteiger partial charge on any atom is 0.196 e. The van der Waals surface area contributed by atoms with E-state index in [0.717, 1.165) is 23.1 Å². The molecule has 3 rings (SSSR count). The fraction of sp³-hybridized carbons (Fsp3) is 0.0833. The van der Waals surface area contributed by atoms with Crippen molar-refractivity contribution in [1.82, 2.24) is 0 Å². The molecule has 1 heterocycles. The number of hydrogen-bond acceptors (Lipinski definition) is 3. The first-order valence-corrected chi connectivity index (χ1v) is 6.11. The van der Waals surface area contributed by atoms with Crippen molar-refractivity contribution >= 4 is 33.7 Å². The number of nitrogen functional groups attached to an aromatic ring is 1. The fourth-order valence-electron chi connectivity index (χ4n) is 2.07. The monoisotopic (exact) mass is 249 g/mol. The number of fused-ring (bicyclic) bond motifs is 2. The summed E-state index contributed by atoms with van der Waals surface area (Å²) in [6.07, 6.45) is 0.741. The van der Waals surface area contributed by atoms with E-state index in [1.807, 2.05) is 11.4 Å². The highest BCUT2D eigenvalue weighted by molar-refractivity contribution is 7.14. The van der Waals surface area contributed by atoms with Gasteiger partial charge in [-0.15, -0.1) is 11.3 Å². The molecule has 1 aliphatic rings. The van der Waals surface area contributed by atoms with Crippen LogP contribution in [0.3, 0.4) is 0 Å². The molecule has 0 spiro atoms. The van der Waals surface area contributed by atoms with Crippen LogP contribution in [0.2, 0.25) is 5.02 Å². The first kappa shape index (κ1) is 9.87. The molecule has 0 aliphatic heterocycles. The van der Waals surface area contributed by atoms with Gasteiger partial charge in [-0.2, -0.15) is 0 Å². The Morgan fingerprint density at radius 3 is 2.94 bits per heavy atom. The van der Waals surface area contributed by atoms with E-state index in [1.165, 1.54) is 11.3 Å². The summed E-state index contributed by atoms with van der Waals surface area (Å²) in [6, 6.07) is 5.37. The van der Waals surface area contributed by atoms with E-state index in [9.17, 15) is 4.79 Å². The number of carbonyl (C=O) groups is 1. The van der Waals surface area contributed by atoms with Crippen molar-refractivity contribution in [3.63, 3.8) is 0 Å². The Kier molecular flexibility index (Phi) is 2.06. The molecule has 0 saturated carbocycles. The lowest BCUT2D eigenvalue weighted by Gasteiger charge is -2.15. The average Bonchev–Trinajstić information content (AvgIpc) is 2.60. The lowest BCUT2D eigenvalue weighted by Crippen LogP contribution is -2.14. The molecule has 4 heteroatoms. The summed E-state index contributed by atoms with van der Waals surface area (Å²) in [5.41, 5.74) is 9.22. The summed E-state index contributed by atoms with van der Waals surface area (Å²) in [6.45, 7) is 0. The Hall–Kier alpha value is -1.32. The number of halogens is 1. The summed E-state index contributed by atoms with van der Waals surface area (Å²) >= 11 is 7.35. The molecule has 0 radical (unpaired) electrons. The van der Waals surface area contributed by atoms with Gasteiger partial charge in [-0.05, 0) is 41.1 Å². The molecule has 0 fully saturated rings. The number of nitrogens with two attached hydrogens (primary N) is 1. The molecule has 1 aromatic heterocycles. The van der Waals surface area contributed by atoms with Gasteiger partial charge in [0.1, 0.15) is 0 Å². The van der Waals surface area contributed by atoms with E-state index >= 15 is 0 Å². The Bertz CT molecular complexity index is 603. The van der Waals surface area contributed by atoms with Crippen LogP contribution in [-0.4, -0.2) is 5.78 Å². The van der Waals surface area contributed by atoms with Crippen LogP contribution in [-0.2, 0) is 6.42 Å². The Morgan fingerprint density at radius 2 is 2.12 bits per heavy atom. The lowest BCUT2D eigenvalue weighted by molar-refractivity contribution is 0.103. The highest BCUT2D eigenvalue weighted by Gasteiger charge is 2.26. The molecule has 0 amide bonds. The molecule has 0 atom stereocenters. The largest absolute Gasteiger partial charge is 0.390 e.